The topological polar surface area (TPSA) is 96.5 Å². The zero-order valence-electron chi connectivity index (χ0n) is 19.8. The Morgan fingerprint density at radius 2 is 2.03 bits per heavy atom. The summed E-state index contributed by atoms with van der Waals surface area (Å²) in [7, 11) is 0. The molecule has 5 rings (SSSR count). The number of para-hydroxylation sites is 1. The molecule has 1 saturated heterocycles. The first-order chi connectivity index (χ1) is 16.3. The van der Waals surface area contributed by atoms with Gasteiger partial charge in [-0.2, -0.15) is 0 Å². The largest absolute Gasteiger partial charge is 0.472 e. The third-order valence-electron chi connectivity index (χ3n) is 6.11. The van der Waals surface area contributed by atoms with Crippen molar-refractivity contribution in [2.45, 2.75) is 51.7 Å². The summed E-state index contributed by atoms with van der Waals surface area (Å²) in [5.41, 5.74) is 3.70. The number of nitrogens with one attached hydrogen (secondary N) is 2. The van der Waals surface area contributed by atoms with Crippen LogP contribution in [0.2, 0.25) is 0 Å². The van der Waals surface area contributed by atoms with Gasteiger partial charge in [-0.15, -0.1) is 0 Å². The number of nitrogens with zero attached hydrogens (tertiary/aromatic N) is 2. The standard InChI is InChI=1S/C26H30N4O4/c1-26(2,3)34-25(32)30-13-5-7-17(15-30)33-22-10-9-16-6-4-8-18(23(16)29-22)21-14-19-20(28-21)11-12-27-24(19)31/h4,6,8-10,14,17,28H,5,7,11-13,15H2,1-3H3,(H,27,31)/t17-/m0/s1. The molecule has 0 unspecified atom stereocenters. The van der Waals surface area contributed by atoms with Crippen LogP contribution in [0.4, 0.5) is 4.79 Å². The minimum absolute atomic E-state index is 0.0483. The van der Waals surface area contributed by atoms with E-state index in [1.807, 2.05) is 57.2 Å². The van der Waals surface area contributed by atoms with Gasteiger partial charge in [-0.1, -0.05) is 18.2 Å². The van der Waals surface area contributed by atoms with Crippen LogP contribution in [0.15, 0.2) is 36.4 Å². The lowest BCUT2D eigenvalue weighted by molar-refractivity contribution is 0.00725. The van der Waals surface area contributed by atoms with Crippen LogP contribution in [-0.2, 0) is 11.2 Å². The molecule has 34 heavy (non-hydrogen) atoms. The summed E-state index contributed by atoms with van der Waals surface area (Å²) in [5, 5.41) is 3.87. The number of likely N-dealkylation sites (tertiary alicyclic amines) is 1. The van der Waals surface area contributed by atoms with Gasteiger partial charge in [0.05, 0.1) is 17.6 Å². The SMILES string of the molecule is CC(C)(C)OC(=O)N1CCC[C@H](Oc2ccc3cccc(-c4cc5c([nH]4)CCNC5=O)c3n2)C1. The lowest BCUT2D eigenvalue weighted by Crippen LogP contribution is -2.46. The Morgan fingerprint density at radius 1 is 1.18 bits per heavy atom. The summed E-state index contributed by atoms with van der Waals surface area (Å²) in [6.45, 7) is 7.37. The quantitative estimate of drug-likeness (QED) is 0.605. The molecule has 0 bridgehead atoms. The first-order valence-electron chi connectivity index (χ1n) is 11.8. The fourth-order valence-electron chi connectivity index (χ4n) is 4.55. The van der Waals surface area contributed by atoms with Gasteiger partial charge in [-0.05, 0) is 45.7 Å². The number of aromatic nitrogens is 2. The highest BCUT2D eigenvalue weighted by Gasteiger charge is 2.29. The first kappa shape index (κ1) is 22.3. The predicted molar refractivity (Wildman–Crippen MR) is 129 cm³/mol. The van der Waals surface area contributed by atoms with Crippen LogP contribution >= 0.6 is 0 Å². The second-order valence-corrected chi connectivity index (χ2v) is 9.92. The van der Waals surface area contributed by atoms with E-state index >= 15 is 0 Å². The number of benzene rings is 1. The molecule has 1 fully saturated rings. The summed E-state index contributed by atoms with van der Waals surface area (Å²) < 4.78 is 11.8. The van der Waals surface area contributed by atoms with E-state index in [9.17, 15) is 9.59 Å². The van der Waals surface area contributed by atoms with E-state index in [-0.39, 0.29) is 18.1 Å². The number of piperidine rings is 1. The second kappa shape index (κ2) is 8.66. The number of carbonyl (C=O) groups excluding carboxylic acids is 2. The average molecular weight is 463 g/mol. The molecule has 4 heterocycles. The molecular formula is C26H30N4O4. The fraction of sp³-hybridized carbons (Fsp3) is 0.423. The molecule has 2 N–H and O–H groups in total. The van der Waals surface area contributed by atoms with Gasteiger partial charge in [0.2, 0.25) is 5.88 Å². The third kappa shape index (κ3) is 4.58. The molecule has 2 aliphatic heterocycles. The highest BCUT2D eigenvalue weighted by Crippen LogP contribution is 2.31. The van der Waals surface area contributed by atoms with Gasteiger partial charge in [0.15, 0.2) is 0 Å². The van der Waals surface area contributed by atoms with Crippen molar-refractivity contribution in [1.82, 2.24) is 20.2 Å². The molecule has 0 saturated carbocycles. The molecule has 0 radical (unpaired) electrons. The predicted octanol–water partition coefficient (Wildman–Crippen LogP) is 4.29. The maximum atomic E-state index is 12.5. The van der Waals surface area contributed by atoms with E-state index in [0.717, 1.165) is 47.1 Å². The van der Waals surface area contributed by atoms with Gasteiger partial charge in [-0.3, -0.25) is 4.79 Å². The van der Waals surface area contributed by atoms with Gasteiger partial charge >= 0.3 is 6.09 Å². The van der Waals surface area contributed by atoms with E-state index in [2.05, 4.69) is 10.3 Å². The van der Waals surface area contributed by atoms with Crippen LogP contribution in [0, 0.1) is 0 Å². The molecule has 1 atom stereocenters. The number of carbonyl (C=O) groups is 2. The number of pyridine rings is 1. The van der Waals surface area contributed by atoms with Crippen LogP contribution in [-0.4, -0.2) is 58.2 Å². The maximum absolute atomic E-state index is 12.5. The van der Waals surface area contributed by atoms with Gasteiger partial charge in [0, 0.05) is 47.9 Å². The highest BCUT2D eigenvalue weighted by molar-refractivity contribution is 6.00. The number of amides is 2. The summed E-state index contributed by atoms with van der Waals surface area (Å²) in [4.78, 5) is 34.7. The van der Waals surface area contributed by atoms with Crippen LogP contribution in [0.25, 0.3) is 22.2 Å². The van der Waals surface area contributed by atoms with Crippen molar-refractivity contribution in [3.8, 4) is 17.1 Å². The van der Waals surface area contributed by atoms with Crippen molar-refractivity contribution in [3.63, 3.8) is 0 Å². The maximum Gasteiger partial charge on any atom is 0.410 e. The van der Waals surface area contributed by atoms with Crippen molar-refractivity contribution in [3.05, 3.63) is 47.7 Å². The second-order valence-electron chi connectivity index (χ2n) is 9.92. The normalized spacial score (nSPS) is 18.4. The number of fused-ring (bicyclic) bond motifs is 2. The first-order valence-corrected chi connectivity index (χ1v) is 11.8. The molecular weight excluding hydrogens is 432 g/mol. The molecule has 0 spiro atoms. The number of hydrogen-bond acceptors (Lipinski definition) is 5. The number of ether oxygens (including phenoxy) is 2. The molecule has 2 aliphatic rings. The Kier molecular flexibility index (Phi) is 5.67. The third-order valence-corrected chi connectivity index (χ3v) is 6.11. The van der Waals surface area contributed by atoms with Gasteiger partial charge in [0.25, 0.3) is 5.91 Å². The summed E-state index contributed by atoms with van der Waals surface area (Å²) in [5.74, 6) is 0.470. The Morgan fingerprint density at radius 3 is 2.82 bits per heavy atom. The van der Waals surface area contributed by atoms with Gasteiger partial charge in [-0.25, -0.2) is 9.78 Å². The molecule has 0 aliphatic carbocycles. The zero-order valence-corrected chi connectivity index (χ0v) is 19.8. The average Bonchev–Trinajstić information content (AvgIpc) is 3.23. The van der Waals surface area contributed by atoms with Crippen LogP contribution in [0.1, 0.15) is 49.7 Å². The zero-order chi connectivity index (χ0) is 23.9. The molecule has 178 valence electrons. The minimum atomic E-state index is -0.529. The Bertz CT molecular complexity index is 1240. The lowest BCUT2D eigenvalue weighted by Gasteiger charge is -2.34. The summed E-state index contributed by atoms with van der Waals surface area (Å²) in [6, 6.07) is 11.7. The molecule has 2 aromatic heterocycles. The fourth-order valence-corrected chi connectivity index (χ4v) is 4.55. The molecule has 8 heteroatoms. The van der Waals surface area contributed by atoms with Crippen molar-refractivity contribution < 1.29 is 19.1 Å². The van der Waals surface area contributed by atoms with Crippen molar-refractivity contribution in [1.29, 1.82) is 0 Å². The molecule has 3 aromatic rings. The summed E-state index contributed by atoms with van der Waals surface area (Å²) in [6.07, 6.45) is 2.01. The van der Waals surface area contributed by atoms with E-state index < -0.39 is 5.60 Å². The highest BCUT2D eigenvalue weighted by atomic mass is 16.6. The van der Waals surface area contributed by atoms with E-state index in [1.165, 1.54) is 0 Å². The summed E-state index contributed by atoms with van der Waals surface area (Å²) >= 11 is 0. The van der Waals surface area contributed by atoms with Crippen molar-refractivity contribution in [2.75, 3.05) is 19.6 Å². The Hall–Kier alpha value is -3.55. The van der Waals surface area contributed by atoms with E-state index in [0.29, 0.717) is 31.1 Å². The van der Waals surface area contributed by atoms with E-state index in [4.69, 9.17) is 14.5 Å². The van der Waals surface area contributed by atoms with Crippen molar-refractivity contribution in [2.24, 2.45) is 0 Å². The van der Waals surface area contributed by atoms with Crippen LogP contribution in [0.3, 0.4) is 0 Å². The lowest BCUT2D eigenvalue weighted by atomic mass is 10.1. The molecule has 2 amide bonds. The number of rotatable bonds is 3. The molecule has 8 nitrogen and oxygen atoms in total. The monoisotopic (exact) mass is 462 g/mol. The smallest absolute Gasteiger partial charge is 0.410 e. The van der Waals surface area contributed by atoms with Gasteiger partial charge in [0.1, 0.15) is 11.7 Å². The van der Waals surface area contributed by atoms with Crippen LogP contribution < -0.4 is 10.1 Å². The minimum Gasteiger partial charge on any atom is -0.472 e. The Labute approximate surface area is 198 Å². The number of aromatic amines is 1. The number of hydrogen-bond donors (Lipinski definition) is 2. The van der Waals surface area contributed by atoms with Crippen LogP contribution in [0.5, 0.6) is 5.88 Å². The molecule has 1 aromatic carbocycles. The van der Waals surface area contributed by atoms with Crippen molar-refractivity contribution >= 4 is 22.9 Å². The van der Waals surface area contributed by atoms with Gasteiger partial charge < -0.3 is 24.7 Å². The number of H-pyrrole nitrogens is 1. The Balaban J connectivity index is 1.38. The van der Waals surface area contributed by atoms with E-state index in [1.54, 1.807) is 4.90 Å².